The molecule has 0 aromatic carbocycles. The summed E-state index contributed by atoms with van der Waals surface area (Å²) in [6, 6.07) is 2.55. The molecule has 1 aliphatic rings. The Morgan fingerprint density at radius 3 is 2.76 bits per heavy atom. The van der Waals surface area contributed by atoms with Crippen molar-refractivity contribution in [2.45, 2.75) is 24.9 Å². The fourth-order valence-corrected chi connectivity index (χ4v) is 4.18. The third kappa shape index (κ3) is 3.78. The first-order valence-corrected chi connectivity index (χ1v) is 8.40. The van der Waals surface area contributed by atoms with E-state index in [0.717, 1.165) is 5.56 Å². The van der Waals surface area contributed by atoms with Gasteiger partial charge in [0.15, 0.2) is 0 Å². The van der Waals surface area contributed by atoms with E-state index in [4.69, 9.17) is 5.73 Å². The smallest absolute Gasteiger partial charge is 0.238 e. The molecule has 116 valence electrons. The standard InChI is InChI=1S/C13H20N4O3S/c1-15-13(18)12-8-11(14)9-17(12)21(19,20)7-4-10-2-5-16-6-3-10/h2-3,5-6,11-12H,4,7-9,14H2,1H3,(H,15,18)/t11-,12+/m1/s1. The molecule has 0 unspecified atom stereocenters. The molecule has 1 saturated heterocycles. The lowest BCUT2D eigenvalue weighted by Crippen LogP contribution is -2.45. The number of sulfonamides is 1. The molecule has 7 nitrogen and oxygen atoms in total. The Hall–Kier alpha value is -1.51. The van der Waals surface area contributed by atoms with Crippen molar-refractivity contribution in [1.29, 1.82) is 0 Å². The number of nitrogens with zero attached hydrogens (tertiary/aromatic N) is 2. The molecule has 1 amide bonds. The number of carbonyl (C=O) groups excluding carboxylic acids is 1. The van der Waals surface area contributed by atoms with Gasteiger partial charge in [0.2, 0.25) is 15.9 Å². The van der Waals surface area contributed by atoms with E-state index in [1.165, 1.54) is 11.4 Å². The van der Waals surface area contributed by atoms with Crippen LogP contribution < -0.4 is 11.1 Å². The summed E-state index contributed by atoms with van der Waals surface area (Å²) in [7, 11) is -2.03. The minimum atomic E-state index is -3.52. The number of aromatic nitrogens is 1. The van der Waals surface area contributed by atoms with E-state index >= 15 is 0 Å². The van der Waals surface area contributed by atoms with E-state index in [2.05, 4.69) is 10.3 Å². The molecule has 2 atom stereocenters. The van der Waals surface area contributed by atoms with E-state index in [1.807, 2.05) is 0 Å². The largest absolute Gasteiger partial charge is 0.358 e. The number of likely N-dealkylation sites (N-methyl/N-ethyl adjacent to an activating group) is 1. The highest BCUT2D eigenvalue weighted by atomic mass is 32.2. The average Bonchev–Trinajstić information content (AvgIpc) is 2.88. The van der Waals surface area contributed by atoms with Crippen molar-refractivity contribution in [2.24, 2.45) is 5.73 Å². The maximum Gasteiger partial charge on any atom is 0.238 e. The van der Waals surface area contributed by atoms with Crippen LogP contribution in [0.1, 0.15) is 12.0 Å². The van der Waals surface area contributed by atoms with Crippen LogP contribution in [-0.4, -0.2) is 55.0 Å². The molecule has 2 heterocycles. The number of nitrogens with one attached hydrogen (secondary N) is 1. The van der Waals surface area contributed by atoms with Crippen LogP contribution in [0, 0.1) is 0 Å². The zero-order valence-corrected chi connectivity index (χ0v) is 12.7. The second-order valence-corrected chi connectivity index (χ2v) is 7.16. The lowest BCUT2D eigenvalue weighted by Gasteiger charge is -2.22. The predicted molar refractivity (Wildman–Crippen MR) is 78.9 cm³/mol. The third-order valence-electron chi connectivity index (χ3n) is 3.59. The molecule has 2 rings (SSSR count). The summed E-state index contributed by atoms with van der Waals surface area (Å²) in [5, 5.41) is 2.49. The SMILES string of the molecule is CNC(=O)[C@@H]1C[C@@H](N)CN1S(=O)(=O)CCc1ccncc1. The van der Waals surface area contributed by atoms with Crippen LogP contribution in [0.5, 0.6) is 0 Å². The third-order valence-corrected chi connectivity index (χ3v) is 5.43. The van der Waals surface area contributed by atoms with Crippen molar-refractivity contribution in [3.63, 3.8) is 0 Å². The van der Waals surface area contributed by atoms with E-state index in [0.29, 0.717) is 12.8 Å². The molecular weight excluding hydrogens is 292 g/mol. The molecule has 0 bridgehead atoms. The predicted octanol–water partition coefficient (Wildman–Crippen LogP) is -0.898. The van der Waals surface area contributed by atoms with E-state index in [-0.39, 0.29) is 24.2 Å². The van der Waals surface area contributed by atoms with Crippen molar-refractivity contribution in [3.8, 4) is 0 Å². The zero-order chi connectivity index (χ0) is 15.5. The van der Waals surface area contributed by atoms with Gasteiger partial charge in [-0.3, -0.25) is 9.78 Å². The Morgan fingerprint density at radius 2 is 2.14 bits per heavy atom. The Balaban J connectivity index is 2.09. The number of aryl methyl sites for hydroxylation is 1. The number of hydrogen-bond donors (Lipinski definition) is 2. The molecule has 1 aliphatic heterocycles. The molecule has 1 aromatic heterocycles. The number of amides is 1. The van der Waals surface area contributed by atoms with Crippen molar-refractivity contribution in [3.05, 3.63) is 30.1 Å². The van der Waals surface area contributed by atoms with Crippen molar-refractivity contribution >= 4 is 15.9 Å². The first-order chi connectivity index (χ1) is 9.94. The van der Waals surface area contributed by atoms with Gasteiger partial charge in [-0.1, -0.05) is 0 Å². The minimum absolute atomic E-state index is 0.0444. The van der Waals surface area contributed by atoms with Gasteiger partial charge >= 0.3 is 0 Å². The molecule has 21 heavy (non-hydrogen) atoms. The maximum absolute atomic E-state index is 12.5. The number of nitrogens with two attached hydrogens (primary N) is 1. The number of rotatable bonds is 5. The molecule has 1 fully saturated rings. The molecule has 1 aromatic rings. The highest BCUT2D eigenvalue weighted by Crippen LogP contribution is 2.21. The lowest BCUT2D eigenvalue weighted by molar-refractivity contribution is -0.123. The van der Waals surface area contributed by atoms with Crippen LogP contribution in [0.2, 0.25) is 0 Å². The van der Waals surface area contributed by atoms with Gasteiger partial charge in [-0.15, -0.1) is 0 Å². The fourth-order valence-electron chi connectivity index (χ4n) is 2.46. The topological polar surface area (TPSA) is 105 Å². The molecular formula is C13H20N4O3S. The second-order valence-electron chi connectivity index (χ2n) is 5.12. The Kier molecular flexibility index (Phi) is 4.92. The molecule has 3 N–H and O–H groups in total. The summed E-state index contributed by atoms with van der Waals surface area (Å²) >= 11 is 0. The Morgan fingerprint density at radius 1 is 1.48 bits per heavy atom. The van der Waals surface area contributed by atoms with E-state index in [1.54, 1.807) is 24.5 Å². The van der Waals surface area contributed by atoms with Gasteiger partial charge in [0.05, 0.1) is 5.75 Å². The van der Waals surface area contributed by atoms with Gasteiger partial charge in [-0.25, -0.2) is 8.42 Å². The first kappa shape index (κ1) is 15.9. The summed E-state index contributed by atoms with van der Waals surface area (Å²) in [5.41, 5.74) is 6.71. The molecule has 0 radical (unpaired) electrons. The summed E-state index contributed by atoms with van der Waals surface area (Å²) in [4.78, 5) is 15.7. The zero-order valence-electron chi connectivity index (χ0n) is 11.9. The molecule has 0 aliphatic carbocycles. The van der Waals surface area contributed by atoms with Crippen LogP contribution in [0.25, 0.3) is 0 Å². The average molecular weight is 312 g/mol. The van der Waals surface area contributed by atoms with Crippen molar-refractivity contribution in [1.82, 2.24) is 14.6 Å². The summed E-state index contributed by atoms with van der Waals surface area (Å²) in [5.74, 6) is -0.354. The van der Waals surface area contributed by atoms with Crippen LogP contribution >= 0.6 is 0 Å². The van der Waals surface area contributed by atoms with Gasteiger partial charge in [-0.05, 0) is 30.5 Å². The molecule has 0 spiro atoms. The normalized spacial score (nSPS) is 23.1. The van der Waals surface area contributed by atoms with Crippen molar-refractivity contribution in [2.75, 3.05) is 19.3 Å². The van der Waals surface area contributed by atoms with E-state index < -0.39 is 16.1 Å². The second kappa shape index (κ2) is 6.50. The number of hydrogen-bond acceptors (Lipinski definition) is 5. The van der Waals surface area contributed by atoms with Gasteiger partial charge in [0, 0.05) is 32.0 Å². The van der Waals surface area contributed by atoms with Gasteiger partial charge in [0.25, 0.3) is 0 Å². The minimum Gasteiger partial charge on any atom is -0.358 e. The number of carbonyl (C=O) groups is 1. The summed E-state index contributed by atoms with van der Waals surface area (Å²) in [6.45, 7) is 0.191. The number of pyridine rings is 1. The summed E-state index contributed by atoms with van der Waals surface area (Å²) in [6.07, 6.45) is 3.99. The Bertz CT molecular complexity index is 591. The molecule has 0 saturated carbocycles. The Labute approximate surface area is 124 Å². The quantitative estimate of drug-likeness (QED) is 0.733. The van der Waals surface area contributed by atoms with Crippen molar-refractivity contribution < 1.29 is 13.2 Å². The van der Waals surface area contributed by atoms with Crippen LogP contribution in [0.15, 0.2) is 24.5 Å². The van der Waals surface area contributed by atoms with Crippen LogP contribution in [0.4, 0.5) is 0 Å². The maximum atomic E-state index is 12.5. The monoisotopic (exact) mass is 312 g/mol. The van der Waals surface area contributed by atoms with Crippen LogP contribution in [0.3, 0.4) is 0 Å². The van der Waals surface area contributed by atoms with E-state index in [9.17, 15) is 13.2 Å². The van der Waals surface area contributed by atoms with Gasteiger partial charge < -0.3 is 11.1 Å². The lowest BCUT2D eigenvalue weighted by atomic mass is 10.2. The van der Waals surface area contributed by atoms with Gasteiger partial charge in [0.1, 0.15) is 6.04 Å². The van der Waals surface area contributed by atoms with Gasteiger partial charge in [-0.2, -0.15) is 4.31 Å². The fraction of sp³-hybridized carbons (Fsp3) is 0.538. The van der Waals surface area contributed by atoms with Crippen LogP contribution in [-0.2, 0) is 21.2 Å². The summed E-state index contributed by atoms with van der Waals surface area (Å²) < 4.78 is 26.1. The highest BCUT2D eigenvalue weighted by molar-refractivity contribution is 7.89. The first-order valence-electron chi connectivity index (χ1n) is 6.79. The highest BCUT2D eigenvalue weighted by Gasteiger charge is 2.41. The molecule has 8 heteroatoms.